The van der Waals surface area contributed by atoms with E-state index in [-0.39, 0.29) is 24.6 Å². The number of halogens is 1. The van der Waals surface area contributed by atoms with Gasteiger partial charge in [-0.3, -0.25) is 0 Å². The van der Waals surface area contributed by atoms with Crippen LogP contribution in [0.2, 0.25) is 0 Å². The molecule has 0 saturated carbocycles. The number of nitrogens with zero attached hydrogens (tertiary/aromatic N) is 2. The van der Waals surface area contributed by atoms with Crippen LogP contribution in [0.3, 0.4) is 0 Å². The fourth-order valence-corrected chi connectivity index (χ4v) is 2.81. The lowest BCUT2D eigenvalue weighted by molar-refractivity contribution is 0.191. The molecule has 1 aliphatic rings. The second-order valence-electron chi connectivity index (χ2n) is 5.33. The van der Waals surface area contributed by atoms with Crippen molar-refractivity contribution >= 4 is 23.2 Å². The van der Waals surface area contributed by atoms with E-state index in [0.29, 0.717) is 24.7 Å². The first-order valence-electron chi connectivity index (χ1n) is 7.04. The molecular formula is C16H16ClN3O2. The molecule has 114 valence electrons. The molecule has 2 heterocycles. The van der Waals surface area contributed by atoms with Crippen molar-refractivity contribution in [2.45, 2.75) is 18.6 Å². The predicted molar refractivity (Wildman–Crippen MR) is 85.9 cm³/mol. The lowest BCUT2D eigenvalue weighted by atomic mass is 10.0. The summed E-state index contributed by atoms with van der Waals surface area (Å²) >= 11 is 0. The first-order valence-corrected chi connectivity index (χ1v) is 7.04. The van der Waals surface area contributed by atoms with Crippen molar-refractivity contribution in [3.63, 3.8) is 0 Å². The molecule has 5 nitrogen and oxygen atoms in total. The van der Waals surface area contributed by atoms with Crippen LogP contribution < -0.4 is 5.32 Å². The summed E-state index contributed by atoms with van der Waals surface area (Å²) in [7, 11) is 0. The van der Waals surface area contributed by atoms with Gasteiger partial charge in [0.15, 0.2) is 0 Å². The maximum Gasteiger partial charge on any atom is 0.244 e. The Balaban J connectivity index is 0.00000144. The number of aromatic nitrogens is 2. The predicted octanol–water partition coefficient (Wildman–Crippen LogP) is 2.71. The SMILES string of the molecule is Cl.O[C@@H]1CN[C@H](c2nc(-c3cccc4ccccc34)no2)C1. The van der Waals surface area contributed by atoms with E-state index in [1.807, 2.05) is 24.3 Å². The number of aliphatic hydroxyl groups excluding tert-OH is 1. The lowest BCUT2D eigenvalue weighted by Crippen LogP contribution is -2.15. The molecule has 3 aromatic rings. The number of hydrogen-bond donors (Lipinski definition) is 2. The fourth-order valence-electron chi connectivity index (χ4n) is 2.81. The van der Waals surface area contributed by atoms with Crippen molar-refractivity contribution in [2.24, 2.45) is 0 Å². The van der Waals surface area contributed by atoms with E-state index < -0.39 is 0 Å². The molecule has 4 rings (SSSR count). The Morgan fingerprint density at radius 2 is 1.95 bits per heavy atom. The third-order valence-electron chi connectivity index (χ3n) is 3.88. The number of fused-ring (bicyclic) bond motifs is 1. The summed E-state index contributed by atoms with van der Waals surface area (Å²) in [5.41, 5.74) is 0.960. The number of aliphatic hydroxyl groups is 1. The van der Waals surface area contributed by atoms with E-state index in [9.17, 15) is 5.11 Å². The second kappa shape index (κ2) is 6.04. The zero-order valence-corrected chi connectivity index (χ0v) is 12.6. The maximum atomic E-state index is 9.57. The molecule has 0 spiro atoms. The molecule has 1 aliphatic heterocycles. The molecule has 1 saturated heterocycles. The Morgan fingerprint density at radius 1 is 1.14 bits per heavy atom. The lowest BCUT2D eigenvalue weighted by Gasteiger charge is -2.03. The van der Waals surface area contributed by atoms with E-state index >= 15 is 0 Å². The van der Waals surface area contributed by atoms with Gasteiger partial charge in [0.1, 0.15) is 0 Å². The van der Waals surface area contributed by atoms with Gasteiger partial charge in [0, 0.05) is 12.1 Å². The highest BCUT2D eigenvalue weighted by Gasteiger charge is 2.28. The largest absolute Gasteiger partial charge is 0.392 e. The van der Waals surface area contributed by atoms with Crippen molar-refractivity contribution in [2.75, 3.05) is 6.54 Å². The maximum absolute atomic E-state index is 9.57. The number of benzene rings is 2. The molecule has 1 fully saturated rings. The highest BCUT2D eigenvalue weighted by molar-refractivity contribution is 5.94. The summed E-state index contributed by atoms with van der Waals surface area (Å²) in [6.07, 6.45) is 0.264. The van der Waals surface area contributed by atoms with Crippen LogP contribution in [0.1, 0.15) is 18.4 Å². The number of β-amino-alcohol motifs (C(OH)–C–C–N with tert-alkyl or cyclic N) is 1. The summed E-state index contributed by atoms with van der Waals surface area (Å²) in [5.74, 6) is 1.12. The molecule has 1 aromatic heterocycles. The van der Waals surface area contributed by atoms with Crippen molar-refractivity contribution in [1.82, 2.24) is 15.5 Å². The van der Waals surface area contributed by atoms with E-state index in [4.69, 9.17) is 4.52 Å². The summed E-state index contributed by atoms with van der Waals surface area (Å²) < 4.78 is 5.37. The molecule has 2 aromatic carbocycles. The molecule has 2 atom stereocenters. The van der Waals surface area contributed by atoms with Gasteiger partial charge in [-0.05, 0) is 17.2 Å². The van der Waals surface area contributed by atoms with Crippen LogP contribution >= 0.6 is 12.4 Å². The topological polar surface area (TPSA) is 71.2 Å². The van der Waals surface area contributed by atoms with Crippen LogP contribution in [-0.4, -0.2) is 27.9 Å². The molecule has 0 amide bonds. The highest BCUT2D eigenvalue weighted by Crippen LogP contribution is 2.29. The minimum Gasteiger partial charge on any atom is -0.392 e. The number of hydrogen-bond acceptors (Lipinski definition) is 5. The third kappa shape index (κ3) is 2.59. The Kier molecular flexibility index (Phi) is 4.11. The first-order chi connectivity index (χ1) is 10.3. The minimum absolute atomic E-state index is 0. The fraction of sp³-hybridized carbons (Fsp3) is 0.250. The summed E-state index contributed by atoms with van der Waals surface area (Å²) in [5, 5.41) is 19.1. The van der Waals surface area contributed by atoms with Crippen molar-refractivity contribution in [3.8, 4) is 11.4 Å². The normalized spacial score (nSPS) is 21.0. The van der Waals surface area contributed by atoms with Gasteiger partial charge in [-0.15, -0.1) is 12.4 Å². The van der Waals surface area contributed by atoms with E-state index in [2.05, 4.69) is 33.7 Å². The van der Waals surface area contributed by atoms with E-state index in [1.165, 1.54) is 0 Å². The van der Waals surface area contributed by atoms with Gasteiger partial charge < -0.3 is 14.9 Å². The van der Waals surface area contributed by atoms with Crippen molar-refractivity contribution in [3.05, 3.63) is 48.4 Å². The van der Waals surface area contributed by atoms with Gasteiger partial charge in [-0.2, -0.15) is 4.98 Å². The van der Waals surface area contributed by atoms with Crippen LogP contribution in [0.5, 0.6) is 0 Å². The smallest absolute Gasteiger partial charge is 0.244 e. The second-order valence-corrected chi connectivity index (χ2v) is 5.33. The number of rotatable bonds is 2. The molecule has 0 aliphatic carbocycles. The van der Waals surface area contributed by atoms with Gasteiger partial charge in [-0.1, -0.05) is 47.6 Å². The van der Waals surface area contributed by atoms with Gasteiger partial charge in [-0.25, -0.2) is 0 Å². The van der Waals surface area contributed by atoms with Gasteiger partial charge in [0.2, 0.25) is 11.7 Å². The van der Waals surface area contributed by atoms with Crippen LogP contribution in [0.25, 0.3) is 22.2 Å². The molecule has 0 radical (unpaired) electrons. The van der Waals surface area contributed by atoms with Crippen molar-refractivity contribution in [1.29, 1.82) is 0 Å². The average molecular weight is 318 g/mol. The Morgan fingerprint density at radius 3 is 2.77 bits per heavy atom. The average Bonchev–Trinajstić information content (AvgIpc) is 3.15. The molecule has 0 bridgehead atoms. The summed E-state index contributed by atoms with van der Waals surface area (Å²) in [6, 6.07) is 14.1. The Hall–Kier alpha value is -1.95. The molecule has 22 heavy (non-hydrogen) atoms. The van der Waals surface area contributed by atoms with E-state index in [0.717, 1.165) is 16.3 Å². The van der Waals surface area contributed by atoms with Gasteiger partial charge >= 0.3 is 0 Å². The number of nitrogens with one attached hydrogen (secondary N) is 1. The monoisotopic (exact) mass is 317 g/mol. The highest BCUT2D eigenvalue weighted by atomic mass is 35.5. The molecule has 6 heteroatoms. The Bertz CT molecular complexity index is 784. The third-order valence-corrected chi connectivity index (χ3v) is 3.88. The zero-order chi connectivity index (χ0) is 14.2. The first kappa shape index (κ1) is 15.0. The minimum atomic E-state index is -0.345. The van der Waals surface area contributed by atoms with Gasteiger partial charge in [0.25, 0.3) is 0 Å². The zero-order valence-electron chi connectivity index (χ0n) is 11.8. The van der Waals surface area contributed by atoms with Crippen LogP contribution in [-0.2, 0) is 0 Å². The summed E-state index contributed by atoms with van der Waals surface area (Å²) in [6.45, 7) is 0.566. The standard InChI is InChI=1S/C16H15N3O2.ClH/c20-11-8-14(17-9-11)16-18-15(19-21-16)13-7-3-5-10-4-1-2-6-12(10)13;/h1-7,11,14,17,20H,8-9H2;1H/t11-,14-;/m0./s1. The van der Waals surface area contributed by atoms with Crippen LogP contribution in [0.4, 0.5) is 0 Å². The van der Waals surface area contributed by atoms with Crippen molar-refractivity contribution < 1.29 is 9.63 Å². The molecule has 0 unspecified atom stereocenters. The quantitative estimate of drug-likeness (QED) is 0.760. The van der Waals surface area contributed by atoms with E-state index in [1.54, 1.807) is 0 Å². The Labute approximate surface area is 133 Å². The van der Waals surface area contributed by atoms with Crippen LogP contribution in [0.15, 0.2) is 47.0 Å². The van der Waals surface area contributed by atoms with Gasteiger partial charge in [0.05, 0.1) is 12.1 Å². The van der Waals surface area contributed by atoms with Crippen LogP contribution in [0, 0.1) is 0 Å². The molecular weight excluding hydrogens is 302 g/mol. The summed E-state index contributed by atoms with van der Waals surface area (Å²) in [4.78, 5) is 4.50. The molecule has 2 N–H and O–H groups in total.